The predicted molar refractivity (Wildman–Crippen MR) is 72.3 cm³/mol. The molecule has 1 rings (SSSR count). The third kappa shape index (κ3) is 2.34. The first-order valence-corrected chi connectivity index (χ1v) is 6.35. The largest absolute Gasteiger partial charge is 0.354 e. The van der Waals surface area contributed by atoms with E-state index in [0.29, 0.717) is 11.8 Å². The Bertz CT molecular complexity index is 362. The summed E-state index contributed by atoms with van der Waals surface area (Å²) in [5.74, 6) is 1.19. The van der Waals surface area contributed by atoms with E-state index in [2.05, 4.69) is 66.3 Å². The Morgan fingerprint density at radius 2 is 1.50 bits per heavy atom. The molecule has 0 saturated carbocycles. The zero-order valence-corrected chi connectivity index (χ0v) is 12.2. The molecule has 0 aliphatic carbocycles. The van der Waals surface area contributed by atoms with Gasteiger partial charge in [0.15, 0.2) is 0 Å². The van der Waals surface area contributed by atoms with E-state index in [1.54, 1.807) is 5.56 Å². The third-order valence-corrected chi connectivity index (χ3v) is 3.18. The van der Waals surface area contributed by atoms with Crippen molar-refractivity contribution in [2.75, 3.05) is 0 Å². The van der Waals surface area contributed by atoms with Gasteiger partial charge in [-0.05, 0) is 28.4 Å². The maximum Gasteiger partial charge on any atom is 0.0237 e. The summed E-state index contributed by atoms with van der Waals surface area (Å²) in [5, 5.41) is 0. The highest BCUT2D eigenvalue weighted by Crippen LogP contribution is 2.37. The van der Waals surface area contributed by atoms with Crippen LogP contribution in [-0.4, -0.2) is 4.57 Å². The van der Waals surface area contributed by atoms with Crippen LogP contribution in [0.4, 0.5) is 0 Å². The predicted octanol–water partition coefficient (Wildman–Crippen LogP) is 4.57. The van der Waals surface area contributed by atoms with Gasteiger partial charge in [0.05, 0.1) is 0 Å². The lowest BCUT2D eigenvalue weighted by molar-refractivity contribution is 0.560. The molecule has 0 aromatic carbocycles. The first-order chi connectivity index (χ1) is 7.16. The van der Waals surface area contributed by atoms with Crippen LogP contribution in [0.2, 0.25) is 0 Å². The zero-order chi connectivity index (χ0) is 12.7. The van der Waals surface area contributed by atoms with E-state index in [4.69, 9.17) is 0 Å². The topological polar surface area (TPSA) is 4.93 Å². The molecule has 0 atom stereocenters. The van der Waals surface area contributed by atoms with Gasteiger partial charge in [0, 0.05) is 18.9 Å². The van der Waals surface area contributed by atoms with Crippen LogP contribution in [0.5, 0.6) is 0 Å². The summed E-state index contributed by atoms with van der Waals surface area (Å²) in [5.41, 5.74) is 4.80. The quantitative estimate of drug-likeness (QED) is 0.689. The minimum atomic E-state index is 0.237. The van der Waals surface area contributed by atoms with Gasteiger partial charge in [-0.25, -0.2) is 0 Å². The normalized spacial score (nSPS) is 12.9. The van der Waals surface area contributed by atoms with Crippen LogP contribution in [0.3, 0.4) is 0 Å². The van der Waals surface area contributed by atoms with Crippen molar-refractivity contribution in [3.8, 4) is 0 Å². The van der Waals surface area contributed by atoms with Gasteiger partial charge in [-0.2, -0.15) is 0 Å². The molecule has 0 saturated heterocycles. The van der Waals surface area contributed by atoms with Gasteiger partial charge in [0.2, 0.25) is 0 Å². The molecule has 0 spiro atoms. The van der Waals surface area contributed by atoms with Crippen molar-refractivity contribution < 1.29 is 0 Å². The molecule has 0 bridgehead atoms. The first-order valence-electron chi connectivity index (χ1n) is 6.35. The Morgan fingerprint density at radius 3 is 1.81 bits per heavy atom. The maximum atomic E-state index is 2.32. The summed E-state index contributed by atoms with van der Waals surface area (Å²) in [6.07, 6.45) is 2.32. The second-order valence-corrected chi connectivity index (χ2v) is 6.51. The van der Waals surface area contributed by atoms with Crippen molar-refractivity contribution in [1.29, 1.82) is 0 Å². The van der Waals surface area contributed by atoms with Gasteiger partial charge in [-0.3, -0.25) is 0 Å². The molecule has 0 aliphatic rings. The van der Waals surface area contributed by atoms with Crippen LogP contribution in [0.15, 0.2) is 6.20 Å². The molecule has 0 fully saturated rings. The number of hydrogen-bond donors (Lipinski definition) is 0. The molecule has 0 amide bonds. The van der Waals surface area contributed by atoms with E-state index in [1.165, 1.54) is 11.3 Å². The molecule has 92 valence electrons. The fourth-order valence-electron chi connectivity index (χ4n) is 2.62. The van der Waals surface area contributed by atoms with Crippen molar-refractivity contribution in [2.24, 2.45) is 7.05 Å². The molecule has 16 heavy (non-hydrogen) atoms. The van der Waals surface area contributed by atoms with Gasteiger partial charge in [0.1, 0.15) is 0 Å². The van der Waals surface area contributed by atoms with Crippen LogP contribution >= 0.6 is 0 Å². The van der Waals surface area contributed by atoms with Gasteiger partial charge >= 0.3 is 0 Å². The SMILES string of the molecule is CC(C)c1cn(C)c(C(C)C)c1C(C)(C)C. The highest BCUT2D eigenvalue weighted by atomic mass is 14.9. The third-order valence-electron chi connectivity index (χ3n) is 3.18. The summed E-state index contributed by atoms with van der Waals surface area (Å²) in [4.78, 5) is 0. The smallest absolute Gasteiger partial charge is 0.0237 e. The molecule has 0 aliphatic heterocycles. The Hall–Kier alpha value is -0.720. The van der Waals surface area contributed by atoms with Crippen molar-refractivity contribution in [1.82, 2.24) is 4.57 Å². The second kappa shape index (κ2) is 4.27. The summed E-state index contributed by atoms with van der Waals surface area (Å²) < 4.78 is 2.32. The molecule has 1 heterocycles. The highest BCUT2D eigenvalue weighted by molar-refractivity contribution is 5.41. The first kappa shape index (κ1) is 13.3. The van der Waals surface area contributed by atoms with Crippen molar-refractivity contribution >= 4 is 0 Å². The van der Waals surface area contributed by atoms with Crippen molar-refractivity contribution in [3.63, 3.8) is 0 Å². The fraction of sp³-hybridized carbons (Fsp3) is 0.733. The van der Waals surface area contributed by atoms with E-state index in [9.17, 15) is 0 Å². The number of aryl methyl sites for hydroxylation is 1. The maximum absolute atomic E-state index is 2.32. The average molecular weight is 221 g/mol. The van der Waals surface area contributed by atoms with E-state index in [0.717, 1.165) is 0 Å². The lowest BCUT2D eigenvalue weighted by atomic mass is 9.80. The lowest BCUT2D eigenvalue weighted by Crippen LogP contribution is -2.17. The average Bonchev–Trinajstić information content (AvgIpc) is 2.41. The summed E-state index contributed by atoms with van der Waals surface area (Å²) in [6.45, 7) is 16.1. The molecule has 0 N–H and O–H groups in total. The molecule has 0 radical (unpaired) electrons. The molecule has 1 aromatic rings. The Balaban J connectivity index is 3.50. The minimum absolute atomic E-state index is 0.237. The van der Waals surface area contributed by atoms with Crippen molar-refractivity contribution in [3.05, 3.63) is 23.0 Å². The summed E-state index contributed by atoms with van der Waals surface area (Å²) in [6, 6.07) is 0. The Kier molecular flexibility index (Phi) is 3.56. The van der Waals surface area contributed by atoms with Gasteiger partial charge in [0.25, 0.3) is 0 Å². The summed E-state index contributed by atoms with van der Waals surface area (Å²) in [7, 11) is 2.18. The Morgan fingerprint density at radius 1 is 1.00 bits per heavy atom. The molecular weight excluding hydrogens is 194 g/mol. The zero-order valence-electron chi connectivity index (χ0n) is 12.2. The van der Waals surface area contributed by atoms with E-state index >= 15 is 0 Å². The van der Waals surface area contributed by atoms with Crippen LogP contribution in [0.1, 0.15) is 77.1 Å². The van der Waals surface area contributed by atoms with Gasteiger partial charge in [-0.15, -0.1) is 0 Å². The van der Waals surface area contributed by atoms with Gasteiger partial charge < -0.3 is 4.57 Å². The molecule has 1 heteroatoms. The van der Waals surface area contributed by atoms with E-state index in [1.807, 2.05) is 0 Å². The monoisotopic (exact) mass is 221 g/mol. The molecule has 1 nitrogen and oxygen atoms in total. The minimum Gasteiger partial charge on any atom is -0.354 e. The lowest BCUT2D eigenvalue weighted by Gasteiger charge is -2.25. The number of hydrogen-bond acceptors (Lipinski definition) is 0. The van der Waals surface area contributed by atoms with Crippen LogP contribution < -0.4 is 0 Å². The molecule has 1 aromatic heterocycles. The fourth-order valence-corrected chi connectivity index (χ4v) is 2.62. The number of rotatable bonds is 2. The van der Waals surface area contributed by atoms with E-state index < -0.39 is 0 Å². The molecule has 0 unspecified atom stereocenters. The van der Waals surface area contributed by atoms with Crippen LogP contribution in [-0.2, 0) is 12.5 Å². The Labute approximate surface area is 101 Å². The van der Waals surface area contributed by atoms with Crippen LogP contribution in [0, 0.1) is 0 Å². The van der Waals surface area contributed by atoms with Crippen molar-refractivity contribution in [2.45, 2.75) is 65.7 Å². The van der Waals surface area contributed by atoms with Gasteiger partial charge in [-0.1, -0.05) is 48.5 Å². The van der Waals surface area contributed by atoms with E-state index in [-0.39, 0.29) is 5.41 Å². The number of aromatic nitrogens is 1. The summed E-state index contributed by atoms with van der Waals surface area (Å²) >= 11 is 0. The standard InChI is InChI=1S/C15H27N/c1-10(2)12-9-16(8)14(11(3)4)13(12)15(5,6)7/h9-11H,1-8H3. The molecular formula is C15H27N. The highest BCUT2D eigenvalue weighted by Gasteiger charge is 2.27. The number of nitrogens with zero attached hydrogens (tertiary/aromatic N) is 1. The second-order valence-electron chi connectivity index (χ2n) is 6.51. The van der Waals surface area contributed by atoms with Crippen LogP contribution in [0.25, 0.3) is 0 Å².